The molecule has 11 nitrogen and oxygen atoms in total. The van der Waals surface area contributed by atoms with Crippen LogP contribution in [-0.2, 0) is 21.4 Å². The van der Waals surface area contributed by atoms with E-state index in [4.69, 9.17) is 4.98 Å². The maximum absolute atomic E-state index is 14.6. The molecule has 0 aliphatic heterocycles. The summed E-state index contributed by atoms with van der Waals surface area (Å²) >= 11 is 0. The lowest BCUT2D eigenvalue weighted by Crippen LogP contribution is -2.21. The highest BCUT2D eigenvalue weighted by atomic mass is 32.2. The van der Waals surface area contributed by atoms with Crippen LogP contribution in [0.3, 0.4) is 0 Å². The van der Waals surface area contributed by atoms with Gasteiger partial charge in [0.1, 0.15) is 17.0 Å². The Morgan fingerprint density at radius 1 is 1.00 bits per heavy atom. The standard InChI is InChI=1S/C30H27FN8O3S/c1-3-4-27(40)35-21-12-19(15-32-16-21)23-5-6-25-29(37-23)30(39-38-25)26-13-22-24(36-26)7-8-33-28(22)18-9-17(10-20(31)11-18)14-34-43(2,41)42/h5-13,15-16,34,36H,3-4,14H2,1-2H3,(H,35,40)(H,38,39). The predicted molar refractivity (Wildman–Crippen MR) is 163 cm³/mol. The minimum atomic E-state index is -3.45. The van der Waals surface area contributed by atoms with E-state index in [-0.39, 0.29) is 12.5 Å². The van der Waals surface area contributed by atoms with Crippen LogP contribution in [0.25, 0.3) is 55.8 Å². The van der Waals surface area contributed by atoms with Gasteiger partial charge in [0.25, 0.3) is 0 Å². The highest BCUT2D eigenvalue weighted by Crippen LogP contribution is 2.34. The number of amides is 1. The number of halogens is 1. The van der Waals surface area contributed by atoms with Crippen molar-refractivity contribution in [2.75, 3.05) is 11.6 Å². The normalized spacial score (nSPS) is 11.8. The molecule has 0 bridgehead atoms. The van der Waals surface area contributed by atoms with Crippen molar-refractivity contribution < 1.29 is 17.6 Å². The second kappa shape index (κ2) is 11.3. The number of anilines is 1. The Kier molecular flexibility index (Phi) is 7.42. The van der Waals surface area contributed by atoms with Crippen LogP contribution in [0.1, 0.15) is 25.3 Å². The zero-order chi connectivity index (χ0) is 30.1. The molecule has 218 valence electrons. The van der Waals surface area contributed by atoms with Gasteiger partial charge in [0, 0.05) is 47.4 Å². The second-order valence-electron chi connectivity index (χ2n) is 10.2. The zero-order valence-corrected chi connectivity index (χ0v) is 24.1. The fourth-order valence-corrected chi connectivity index (χ4v) is 5.29. The van der Waals surface area contributed by atoms with Crippen LogP contribution in [0.2, 0.25) is 0 Å². The first-order valence-corrected chi connectivity index (χ1v) is 15.4. The van der Waals surface area contributed by atoms with Crippen LogP contribution in [-0.4, -0.2) is 50.7 Å². The summed E-state index contributed by atoms with van der Waals surface area (Å²) in [4.78, 5) is 29.1. The number of pyridine rings is 3. The number of aromatic nitrogens is 6. The van der Waals surface area contributed by atoms with Gasteiger partial charge in [0.15, 0.2) is 0 Å². The van der Waals surface area contributed by atoms with Gasteiger partial charge < -0.3 is 10.3 Å². The Morgan fingerprint density at radius 2 is 1.86 bits per heavy atom. The molecule has 43 heavy (non-hydrogen) atoms. The minimum Gasteiger partial charge on any atom is -0.353 e. The molecule has 0 radical (unpaired) electrons. The molecule has 0 saturated heterocycles. The molecule has 0 aliphatic rings. The first-order chi connectivity index (χ1) is 20.7. The molecule has 5 heterocycles. The quantitative estimate of drug-likeness (QED) is 0.179. The summed E-state index contributed by atoms with van der Waals surface area (Å²) < 4.78 is 40.1. The number of carbonyl (C=O) groups excluding carboxylic acids is 1. The van der Waals surface area contributed by atoms with Gasteiger partial charge >= 0.3 is 0 Å². The smallest absolute Gasteiger partial charge is 0.224 e. The first kappa shape index (κ1) is 28.1. The van der Waals surface area contributed by atoms with E-state index in [9.17, 15) is 17.6 Å². The molecule has 6 aromatic rings. The highest BCUT2D eigenvalue weighted by Gasteiger charge is 2.17. The number of sulfonamides is 1. The number of nitrogens with one attached hydrogen (secondary N) is 4. The van der Waals surface area contributed by atoms with Crippen molar-refractivity contribution in [2.45, 2.75) is 26.3 Å². The number of hydrogen-bond acceptors (Lipinski definition) is 7. The zero-order valence-electron chi connectivity index (χ0n) is 23.3. The molecular weight excluding hydrogens is 571 g/mol. The van der Waals surface area contributed by atoms with Crippen molar-refractivity contribution in [3.05, 3.63) is 78.5 Å². The largest absolute Gasteiger partial charge is 0.353 e. The Bertz CT molecular complexity index is 2110. The third-order valence-electron chi connectivity index (χ3n) is 6.78. The lowest BCUT2D eigenvalue weighted by Gasteiger charge is -2.08. The molecule has 0 atom stereocenters. The molecule has 4 N–H and O–H groups in total. The van der Waals surface area contributed by atoms with Crippen LogP contribution in [0.15, 0.2) is 67.1 Å². The number of hydrogen-bond donors (Lipinski definition) is 4. The van der Waals surface area contributed by atoms with Gasteiger partial charge in [0.05, 0.1) is 40.7 Å². The van der Waals surface area contributed by atoms with Crippen molar-refractivity contribution in [1.82, 2.24) is 34.9 Å². The summed E-state index contributed by atoms with van der Waals surface area (Å²) in [5.41, 5.74) is 6.85. The van der Waals surface area contributed by atoms with Crippen LogP contribution in [0, 0.1) is 5.82 Å². The van der Waals surface area contributed by atoms with Gasteiger partial charge in [-0.1, -0.05) is 6.92 Å². The van der Waals surface area contributed by atoms with E-state index in [1.807, 2.05) is 37.3 Å². The molecule has 13 heteroatoms. The van der Waals surface area contributed by atoms with E-state index >= 15 is 0 Å². The van der Waals surface area contributed by atoms with Crippen molar-refractivity contribution >= 4 is 43.6 Å². The lowest BCUT2D eigenvalue weighted by atomic mass is 10.0. The average Bonchev–Trinajstić information content (AvgIpc) is 3.59. The lowest BCUT2D eigenvalue weighted by molar-refractivity contribution is -0.116. The molecule has 0 fully saturated rings. The number of aromatic amines is 2. The monoisotopic (exact) mass is 598 g/mol. The Balaban J connectivity index is 1.37. The fraction of sp³-hybridized carbons (Fsp3) is 0.167. The van der Waals surface area contributed by atoms with Gasteiger partial charge in [-0.05, 0) is 60.5 Å². The molecule has 5 aromatic heterocycles. The van der Waals surface area contributed by atoms with E-state index in [0.29, 0.717) is 51.5 Å². The minimum absolute atomic E-state index is 0.0469. The van der Waals surface area contributed by atoms with Crippen molar-refractivity contribution in [1.29, 1.82) is 0 Å². The van der Waals surface area contributed by atoms with Gasteiger partial charge in [-0.2, -0.15) is 5.10 Å². The van der Waals surface area contributed by atoms with Gasteiger partial charge in [-0.3, -0.25) is 19.9 Å². The Labute approximate surface area is 246 Å². The first-order valence-electron chi connectivity index (χ1n) is 13.5. The predicted octanol–water partition coefficient (Wildman–Crippen LogP) is 5.16. The Hall–Kier alpha value is -5.01. The second-order valence-corrected chi connectivity index (χ2v) is 12.0. The summed E-state index contributed by atoms with van der Waals surface area (Å²) in [6.45, 7) is 1.90. The van der Waals surface area contributed by atoms with Crippen LogP contribution >= 0.6 is 0 Å². The molecule has 1 aromatic carbocycles. The Morgan fingerprint density at radius 3 is 2.67 bits per heavy atom. The van der Waals surface area contributed by atoms with E-state index in [1.54, 1.807) is 24.7 Å². The average molecular weight is 599 g/mol. The maximum Gasteiger partial charge on any atom is 0.224 e. The number of benzene rings is 1. The summed E-state index contributed by atoms with van der Waals surface area (Å²) in [6, 6.07) is 13.6. The highest BCUT2D eigenvalue weighted by molar-refractivity contribution is 7.88. The SMILES string of the molecule is CCCC(=O)Nc1cncc(-c2ccc3[nH]nc(-c4cc5c(-c6cc(F)cc(CNS(C)(=O)=O)c6)nccc5[nH]4)c3n2)c1. The van der Waals surface area contributed by atoms with Gasteiger partial charge in [-0.25, -0.2) is 22.5 Å². The summed E-state index contributed by atoms with van der Waals surface area (Å²) in [5, 5.41) is 11.1. The molecular formula is C30H27FN8O3S. The van der Waals surface area contributed by atoms with Crippen molar-refractivity contribution in [2.24, 2.45) is 0 Å². The summed E-state index contributed by atoms with van der Waals surface area (Å²) in [7, 11) is -3.45. The molecule has 0 aliphatic carbocycles. The molecule has 0 unspecified atom stereocenters. The maximum atomic E-state index is 14.6. The number of H-pyrrole nitrogens is 2. The van der Waals surface area contributed by atoms with Crippen molar-refractivity contribution in [3.63, 3.8) is 0 Å². The number of nitrogens with zero attached hydrogens (tertiary/aromatic N) is 4. The number of rotatable bonds is 9. The van der Waals surface area contributed by atoms with Gasteiger partial charge in [-0.15, -0.1) is 0 Å². The third kappa shape index (κ3) is 6.12. The fourth-order valence-electron chi connectivity index (χ4n) is 4.86. The number of fused-ring (bicyclic) bond motifs is 2. The third-order valence-corrected chi connectivity index (χ3v) is 7.44. The van der Waals surface area contributed by atoms with Crippen LogP contribution in [0.4, 0.5) is 10.1 Å². The topological polar surface area (TPSA) is 158 Å². The molecule has 6 rings (SSSR count). The molecule has 0 spiro atoms. The summed E-state index contributed by atoms with van der Waals surface area (Å²) in [6.07, 6.45) is 7.12. The van der Waals surface area contributed by atoms with Crippen molar-refractivity contribution in [3.8, 4) is 33.9 Å². The van der Waals surface area contributed by atoms with Crippen LogP contribution < -0.4 is 10.0 Å². The van der Waals surface area contributed by atoms with Crippen LogP contribution in [0.5, 0.6) is 0 Å². The van der Waals surface area contributed by atoms with E-state index in [1.165, 1.54) is 12.1 Å². The molecule has 1 amide bonds. The summed E-state index contributed by atoms with van der Waals surface area (Å²) in [5.74, 6) is -0.578. The van der Waals surface area contributed by atoms with E-state index in [2.05, 4.69) is 35.2 Å². The number of carbonyl (C=O) groups is 1. The van der Waals surface area contributed by atoms with Gasteiger partial charge in [0.2, 0.25) is 15.9 Å². The van der Waals surface area contributed by atoms with E-state index in [0.717, 1.165) is 34.7 Å². The molecule has 0 saturated carbocycles. The van der Waals surface area contributed by atoms with E-state index < -0.39 is 15.8 Å².